The van der Waals surface area contributed by atoms with Gasteiger partial charge in [0.25, 0.3) is 15.9 Å². The van der Waals surface area contributed by atoms with E-state index in [2.05, 4.69) is 30.7 Å². The first kappa shape index (κ1) is 23.2. The molecule has 1 aliphatic heterocycles. The van der Waals surface area contributed by atoms with Gasteiger partial charge in [0.05, 0.1) is 21.9 Å². The zero-order valence-electron chi connectivity index (χ0n) is 18.2. The number of thiazole rings is 1. The summed E-state index contributed by atoms with van der Waals surface area (Å²) in [6, 6.07) is 17.1. The molecule has 176 valence electrons. The molecule has 0 fully saturated rings. The molecule has 11 heteroatoms. The average Bonchev–Trinajstić information content (AvgIpc) is 3.58. The van der Waals surface area contributed by atoms with Gasteiger partial charge in [-0.1, -0.05) is 15.9 Å². The lowest BCUT2D eigenvalue weighted by atomic mass is 10.1. The number of hydrogen-bond donors (Lipinski definition) is 1. The van der Waals surface area contributed by atoms with Gasteiger partial charge in [0, 0.05) is 21.6 Å². The standard InChI is InChI=1S/C24H17BrN4O4S2/c1-15-21(23(30)29(27-15)18-6-4-17(25)5-7-18)14-19-8-11-22(33-19)16-2-9-20(10-3-16)35(31,32)28-24-26-12-13-34-24/h2-14H,1H3,(H,26,28). The predicted molar refractivity (Wildman–Crippen MR) is 140 cm³/mol. The van der Waals surface area contributed by atoms with Gasteiger partial charge < -0.3 is 4.42 Å². The second-order valence-electron chi connectivity index (χ2n) is 7.51. The molecule has 3 heterocycles. The summed E-state index contributed by atoms with van der Waals surface area (Å²) >= 11 is 4.59. The van der Waals surface area contributed by atoms with Crippen LogP contribution < -0.4 is 9.73 Å². The molecule has 0 atom stereocenters. The highest BCUT2D eigenvalue weighted by molar-refractivity contribution is 9.10. The maximum atomic E-state index is 13.0. The fourth-order valence-electron chi connectivity index (χ4n) is 3.42. The number of aromatic nitrogens is 1. The molecule has 1 N–H and O–H groups in total. The molecule has 1 aliphatic rings. The Kier molecular flexibility index (Phi) is 6.13. The Bertz CT molecular complexity index is 1560. The van der Waals surface area contributed by atoms with E-state index in [0.717, 1.165) is 4.47 Å². The first-order valence-electron chi connectivity index (χ1n) is 10.3. The largest absolute Gasteiger partial charge is 0.457 e. The van der Waals surface area contributed by atoms with E-state index in [-0.39, 0.29) is 10.8 Å². The second kappa shape index (κ2) is 9.25. The molecule has 4 aromatic rings. The van der Waals surface area contributed by atoms with Crippen LogP contribution in [0.5, 0.6) is 0 Å². The zero-order valence-corrected chi connectivity index (χ0v) is 21.4. The number of halogens is 1. The van der Waals surface area contributed by atoms with E-state index in [4.69, 9.17) is 4.42 Å². The van der Waals surface area contributed by atoms with Crippen molar-refractivity contribution < 1.29 is 17.6 Å². The molecule has 0 saturated carbocycles. The van der Waals surface area contributed by atoms with E-state index >= 15 is 0 Å². The molecule has 0 bridgehead atoms. The Morgan fingerprint density at radius 3 is 2.49 bits per heavy atom. The number of nitrogens with one attached hydrogen (secondary N) is 1. The predicted octanol–water partition coefficient (Wildman–Crippen LogP) is 5.77. The van der Waals surface area contributed by atoms with Gasteiger partial charge in [0.1, 0.15) is 11.5 Å². The number of nitrogens with zero attached hydrogens (tertiary/aromatic N) is 3. The molecule has 0 unspecified atom stereocenters. The number of hydrazone groups is 1. The number of amides is 1. The van der Waals surface area contributed by atoms with Gasteiger partial charge >= 0.3 is 0 Å². The third kappa shape index (κ3) is 4.83. The number of furan rings is 1. The number of sulfonamides is 1. The summed E-state index contributed by atoms with van der Waals surface area (Å²) in [7, 11) is -3.74. The van der Waals surface area contributed by atoms with E-state index in [1.807, 2.05) is 24.3 Å². The van der Waals surface area contributed by atoms with Gasteiger partial charge in [0.15, 0.2) is 5.13 Å². The van der Waals surface area contributed by atoms with Crippen LogP contribution in [0.4, 0.5) is 10.8 Å². The Morgan fingerprint density at radius 1 is 1.06 bits per heavy atom. The summed E-state index contributed by atoms with van der Waals surface area (Å²) in [4.78, 5) is 17.0. The SMILES string of the molecule is CC1=NN(c2ccc(Br)cc2)C(=O)C1=Cc1ccc(-c2ccc(S(=O)(=O)Nc3nccs3)cc2)o1. The minimum absolute atomic E-state index is 0.113. The lowest BCUT2D eigenvalue weighted by Gasteiger charge is -2.11. The van der Waals surface area contributed by atoms with E-state index in [9.17, 15) is 13.2 Å². The molecule has 1 amide bonds. The molecule has 0 aliphatic carbocycles. The summed E-state index contributed by atoms with van der Waals surface area (Å²) in [5.41, 5.74) is 2.38. The molecule has 0 saturated heterocycles. The van der Waals surface area contributed by atoms with Gasteiger partial charge in [-0.05, 0) is 73.7 Å². The molecule has 0 radical (unpaired) electrons. The van der Waals surface area contributed by atoms with Crippen molar-refractivity contribution in [2.75, 3.05) is 9.73 Å². The van der Waals surface area contributed by atoms with Crippen molar-refractivity contribution in [2.45, 2.75) is 11.8 Å². The Balaban J connectivity index is 1.34. The number of anilines is 2. The van der Waals surface area contributed by atoms with Crippen molar-refractivity contribution in [3.05, 3.63) is 88.0 Å². The zero-order chi connectivity index (χ0) is 24.6. The van der Waals surface area contributed by atoms with Crippen molar-refractivity contribution in [1.29, 1.82) is 0 Å². The van der Waals surface area contributed by atoms with Crippen LogP contribution in [0, 0.1) is 0 Å². The fraction of sp³-hybridized carbons (Fsp3) is 0.0417. The highest BCUT2D eigenvalue weighted by Crippen LogP contribution is 2.29. The van der Waals surface area contributed by atoms with Crippen molar-refractivity contribution in [3.8, 4) is 11.3 Å². The van der Waals surface area contributed by atoms with Crippen LogP contribution in [-0.2, 0) is 14.8 Å². The summed E-state index contributed by atoms with van der Waals surface area (Å²) in [5, 5.41) is 7.73. The molecule has 2 aromatic heterocycles. The maximum Gasteiger partial charge on any atom is 0.280 e. The number of benzene rings is 2. The van der Waals surface area contributed by atoms with Crippen LogP contribution in [0.25, 0.3) is 17.4 Å². The van der Waals surface area contributed by atoms with E-state index in [1.165, 1.54) is 34.7 Å². The van der Waals surface area contributed by atoms with Crippen LogP contribution in [0.1, 0.15) is 12.7 Å². The summed E-state index contributed by atoms with van der Waals surface area (Å²) in [6.45, 7) is 1.77. The normalized spacial score (nSPS) is 15.0. The van der Waals surface area contributed by atoms with Crippen LogP contribution in [-0.4, -0.2) is 25.0 Å². The molecule has 2 aromatic carbocycles. The number of rotatable bonds is 6. The van der Waals surface area contributed by atoms with Crippen molar-refractivity contribution in [3.63, 3.8) is 0 Å². The topological polar surface area (TPSA) is 105 Å². The van der Waals surface area contributed by atoms with E-state index in [1.54, 1.807) is 42.6 Å². The second-order valence-corrected chi connectivity index (χ2v) is 11.0. The average molecular weight is 569 g/mol. The quantitative estimate of drug-likeness (QED) is 0.297. The summed E-state index contributed by atoms with van der Waals surface area (Å²) in [5.74, 6) is 0.779. The minimum atomic E-state index is -3.74. The van der Waals surface area contributed by atoms with Gasteiger partial charge in [0.2, 0.25) is 0 Å². The fourth-order valence-corrected chi connectivity index (χ4v) is 5.47. The monoisotopic (exact) mass is 568 g/mol. The van der Waals surface area contributed by atoms with Crippen LogP contribution in [0.15, 0.2) is 96.7 Å². The van der Waals surface area contributed by atoms with Crippen LogP contribution in [0.3, 0.4) is 0 Å². The number of hydrogen-bond acceptors (Lipinski definition) is 7. The molecular formula is C24H17BrN4O4S2. The highest BCUT2D eigenvalue weighted by Gasteiger charge is 2.29. The molecule has 0 spiro atoms. The lowest BCUT2D eigenvalue weighted by Crippen LogP contribution is -2.21. The van der Waals surface area contributed by atoms with Gasteiger partial charge in [-0.3, -0.25) is 9.52 Å². The third-order valence-corrected chi connectivity index (χ3v) is 7.85. The molecule has 35 heavy (non-hydrogen) atoms. The van der Waals surface area contributed by atoms with Crippen LogP contribution >= 0.6 is 27.3 Å². The van der Waals surface area contributed by atoms with Crippen LogP contribution in [0.2, 0.25) is 0 Å². The Morgan fingerprint density at radius 2 is 1.80 bits per heavy atom. The number of carbonyl (C=O) groups is 1. The molecular weight excluding hydrogens is 552 g/mol. The van der Waals surface area contributed by atoms with Gasteiger partial charge in [-0.2, -0.15) is 10.1 Å². The van der Waals surface area contributed by atoms with Crippen molar-refractivity contribution >= 4 is 65.8 Å². The van der Waals surface area contributed by atoms with E-state index in [0.29, 0.717) is 39.2 Å². The highest BCUT2D eigenvalue weighted by atomic mass is 79.9. The smallest absolute Gasteiger partial charge is 0.280 e. The summed E-state index contributed by atoms with van der Waals surface area (Å²) in [6.07, 6.45) is 3.18. The Hall–Kier alpha value is -3.54. The minimum Gasteiger partial charge on any atom is -0.457 e. The van der Waals surface area contributed by atoms with E-state index < -0.39 is 10.0 Å². The van der Waals surface area contributed by atoms with Gasteiger partial charge in [-0.15, -0.1) is 11.3 Å². The summed E-state index contributed by atoms with van der Waals surface area (Å²) < 4.78 is 34.3. The third-order valence-electron chi connectivity index (χ3n) is 5.15. The lowest BCUT2D eigenvalue weighted by molar-refractivity contribution is -0.114. The Labute approximate surface area is 213 Å². The molecule has 8 nitrogen and oxygen atoms in total. The molecule has 5 rings (SSSR count). The van der Waals surface area contributed by atoms with Gasteiger partial charge in [-0.25, -0.2) is 13.4 Å². The first-order valence-corrected chi connectivity index (χ1v) is 13.5. The van der Waals surface area contributed by atoms with Crippen molar-refractivity contribution in [1.82, 2.24) is 4.98 Å². The van der Waals surface area contributed by atoms with Crippen molar-refractivity contribution in [2.24, 2.45) is 5.10 Å². The first-order chi connectivity index (χ1) is 16.8. The maximum absolute atomic E-state index is 13.0. The number of carbonyl (C=O) groups excluding carboxylic acids is 1.